The lowest BCUT2D eigenvalue weighted by molar-refractivity contribution is -0.126. The summed E-state index contributed by atoms with van der Waals surface area (Å²) in [5.41, 5.74) is 1.27. The van der Waals surface area contributed by atoms with E-state index in [-0.39, 0.29) is 17.5 Å². The quantitative estimate of drug-likeness (QED) is 0.793. The summed E-state index contributed by atoms with van der Waals surface area (Å²) < 4.78 is 13.6. The molecule has 2 amide bonds. The van der Waals surface area contributed by atoms with Crippen LogP contribution in [0.4, 0.5) is 10.1 Å². The van der Waals surface area contributed by atoms with E-state index in [1.807, 2.05) is 30.3 Å². The summed E-state index contributed by atoms with van der Waals surface area (Å²) in [7, 11) is 0. The summed E-state index contributed by atoms with van der Waals surface area (Å²) >= 11 is 0. The second kappa shape index (κ2) is 8.13. The predicted octanol–water partition coefficient (Wildman–Crippen LogP) is 3.85. The standard InChI is InChI=1S/C21H23FN2O2/c1-14(21(26)24-19-10-6-5-9-18(19)22)23-20(25)13-17(16-11-12-16)15-7-3-2-4-8-15/h2-10,14,16-17H,11-13H2,1H3,(H,23,25)(H,24,26). The number of carbonyl (C=O) groups excluding carboxylic acids is 2. The van der Waals surface area contributed by atoms with Gasteiger partial charge in [-0.25, -0.2) is 4.39 Å². The number of para-hydroxylation sites is 1. The third-order valence-electron chi connectivity index (χ3n) is 4.73. The average Bonchev–Trinajstić information content (AvgIpc) is 3.47. The number of halogens is 1. The minimum absolute atomic E-state index is 0.110. The molecule has 0 aliphatic heterocycles. The molecular formula is C21H23FN2O2. The zero-order valence-electron chi connectivity index (χ0n) is 14.7. The summed E-state index contributed by atoms with van der Waals surface area (Å²) in [6, 6.07) is 15.2. The molecule has 0 saturated heterocycles. The Kier molecular flexibility index (Phi) is 5.66. The third kappa shape index (κ3) is 4.69. The monoisotopic (exact) mass is 354 g/mol. The van der Waals surface area contributed by atoms with Crippen LogP contribution in [0, 0.1) is 11.7 Å². The smallest absolute Gasteiger partial charge is 0.246 e. The van der Waals surface area contributed by atoms with Crippen molar-refractivity contribution in [3.63, 3.8) is 0 Å². The summed E-state index contributed by atoms with van der Waals surface area (Å²) in [5.74, 6) is -0.394. The van der Waals surface area contributed by atoms with Crippen molar-refractivity contribution in [2.24, 2.45) is 5.92 Å². The van der Waals surface area contributed by atoms with E-state index in [0.29, 0.717) is 12.3 Å². The highest BCUT2D eigenvalue weighted by atomic mass is 19.1. The molecule has 1 aliphatic rings. The van der Waals surface area contributed by atoms with Crippen molar-refractivity contribution in [2.75, 3.05) is 5.32 Å². The molecule has 26 heavy (non-hydrogen) atoms. The molecule has 5 heteroatoms. The molecule has 0 radical (unpaired) electrons. The lowest BCUT2D eigenvalue weighted by Crippen LogP contribution is -2.42. The lowest BCUT2D eigenvalue weighted by atomic mass is 9.90. The number of benzene rings is 2. The largest absolute Gasteiger partial charge is 0.345 e. The van der Waals surface area contributed by atoms with Crippen molar-refractivity contribution >= 4 is 17.5 Å². The summed E-state index contributed by atoms with van der Waals surface area (Å²) in [6.07, 6.45) is 2.62. The van der Waals surface area contributed by atoms with E-state index < -0.39 is 17.8 Å². The van der Waals surface area contributed by atoms with E-state index in [1.54, 1.807) is 19.1 Å². The lowest BCUT2D eigenvalue weighted by Gasteiger charge is -2.19. The first-order chi connectivity index (χ1) is 12.5. The van der Waals surface area contributed by atoms with Crippen molar-refractivity contribution in [3.05, 3.63) is 66.0 Å². The van der Waals surface area contributed by atoms with Crippen molar-refractivity contribution in [1.82, 2.24) is 5.32 Å². The number of amides is 2. The number of hydrogen-bond donors (Lipinski definition) is 2. The van der Waals surface area contributed by atoms with Crippen molar-refractivity contribution in [3.8, 4) is 0 Å². The highest BCUT2D eigenvalue weighted by molar-refractivity contribution is 5.97. The topological polar surface area (TPSA) is 58.2 Å². The van der Waals surface area contributed by atoms with Crippen LogP contribution in [0.1, 0.15) is 37.7 Å². The molecule has 2 atom stereocenters. The maximum atomic E-state index is 13.6. The number of nitrogens with one attached hydrogen (secondary N) is 2. The number of anilines is 1. The van der Waals surface area contributed by atoms with Crippen molar-refractivity contribution in [1.29, 1.82) is 0 Å². The minimum Gasteiger partial charge on any atom is -0.345 e. The van der Waals surface area contributed by atoms with Gasteiger partial charge in [-0.3, -0.25) is 9.59 Å². The van der Waals surface area contributed by atoms with Gasteiger partial charge in [0.05, 0.1) is 5.69 Å². The van der Waals surface area contributed by atoms with Crippen LogP contribution in [0.15, 0.2) is 54.6 Å². The summed E-state index contributed by atoms with van der Waals surface area (Å²) in [6.45, 7) is 1.60. The van der Waals surface area contributed by atoms with E-state index in [0.717, 1.165) is 18.4 Å². The van der Waals surface area contributed by atoms with Crippen LogP contribution in [0.25, 0.3) is 0 Å². The van der Waals surface area contributed by atoms with Gasteiger partial charge in [-0.05, 0) is 49.3 Å². The highest BCUT2D eigenvalue weighted by Gasteiger charge is 2.34. The molecule has 1 saturated carbocycles. The molecule has 2 unspecified atom stereocenters. The number of rotatable bonds is 7. The van der Waals surface area contributed by atoms with Gasteiger partial charge in [-0.2, -0.15) is 0 Å². The summed E-state index contributed by atoms with van der Waals surface area (Å²) in [4.78, 5) is 24.6. The molecule has 2 aromatic rings. The summed E-state index contributed by atoms with van der Waals surface area (Å²) in [5, 5.41) is 5.24. The van der Waals surface area contributed by atoms with Gasteiger partial charge in [-0.1, -0.05) is 42.5 Å². The van der Waals surface area contributed by atoms with Crippen LogP contribution in [-0.4, -0.2) is 17.9 Å². The molecule has 0 heterocycles. The second-order valence-corrected chi connectivity index (χ2v) is 6.82. The van der Waals surface area contributed by atoms with E-state index >= 15 is 0 Å². The third-order valence-corrected chi connectivity index (χ3v) is 4.73. The molecule has 2 N–H and O–H groups in total. The predicted molar refractivity (Wildman–Crippen MR) is 99.2 cm³/mol. The Balaban J connectivity index is 1.56. The first kappa shape index (κ1) is 18.1. The molecular weight excluding hydrogens is 331 g/mol. The Bertz CT molecular complexity index is 775. The fourth-order valence-electron chi connectivity index (χ4n) is 3.12. The maximum absolute atomic E-state index is 13.6. The van der Waals surface area contributed by atoms with Crippen LogP contribution in [0.5, 0.6) is 0 Å². The Morgan fingerprint density at radius 2 is 1.73 bits per heavy atom. The van der Waals surface area contributed by atoms with E-state index in [9.17, 15) is 14.0 Å². The van der Waals surface area contributed by atoms with Gasteiger partial charge in [0.2, 0.25) is 11.8 Å². The van der Waals surface area contributed by atoms with Gasteiger partial charge in [0.25, 0.3) is 0 Å². The Morgan fingerprint density at radius 1 is 1.08 bits per heavy atom. The van der Waals surface area contributed by atoms with Crippen LogP contribution < -0.4 is 10.6 Å². The number of hydrogen-bond acceptors (Lipinski definition) is 2. The van der Waals surface area contributed by atoms with Crippen LogP contribution >= 0.6 is 0 Å². The SMILES string of the molecule is CC(NC(=O)CC(c1ccccc1)C1CC1)C(=O)Nc1ccccc1F. The maximum Gasteiger partial charge on any atom is 0.246 e. The molecule has 2 aromatic carbocycles. The Morgan fingerprint density at radius 3 is 2.38 bits per heavy atom. The van der Waals surface area contributed by atoms with Gasteiger partial charge in [0, 0.05) is 6.42 Å². The van der Waals surface area contributed by atoms with Crippen molar-refractivity contribution < 1.29 is 14.0 Å². The first-order valence-electron chi connectivity index (χ1n) is 8.94. The van der Waals surface area contributed by atoms with Crippen LogP contribution in [0.2, 0.25) is 0 Å². The van der Waals surface area contributed by atoms with Gasteiger partial charge in [0.15, 0.2) is 0 Å². The Hall–Kier alpha value is -2.69. The minimum atomic E-state index is -0.738. The van der Waals surface area contributed by atoms with Gasteiger partial charge < -0.3 is 10.6 Å². The zero-order chi connectivity index (χ0) is 18.5. The van der Waals surface area contributed by atoms with Gasteiger partial charge in [0.1, 0.15) is 11.9 Å². The zero-order valence-corrected chi connectivity index (χ0v) is 14.7. The molecule has 0 aromatic heterocycles. The average molecular weight is 354 g/mol. The van der Waals surface area contributed by atoms with E-state index in [4.69, 9.17) is 0 Å². The molecule has 136 valence electrons. The first-order valence-corrected chi connectivity index (χ1v) is 8.94. The molecule has 0 spiro atoms. The second-order valence-electron chi connectivity index (χ2n) is 6.82. The molecule has 4 nitrogen and oxygen atoms in total. The van der Waals surface area contributed by atoms with Gasteiger partial charge >= 0.3 is 0 Å². The fraction of sp³-hybridized carbons (Fsp3) is 0.333. The number of carbonyl (C=O) groups is 2. The van der Waals surface area contributed by atoms with Crippen molar-refractivity contribution in [2.45, 2.75) is 38.1 Å². The van der Waals surface area contributed by atoms with E-state index in [1.165, 1.54) is 12.1 Å². The fourth-order valence-corrected chi connectivity index (χ4v) is 3.12. The normalized spacial score (nSPS) is 15.8. The van der Waals surface area contributed by atoms with E-state index in [2.05, 4.69) is 10.6 Å². The van der Waals surface area contributed by atoms with Gasteiger partial charge in [-0.15, -0.1) is 0 Å². The molecule has 0 bridgehead atoms. The van der Waals surface area contributed by atoms with Crippen LogP contribution in [0.3, 0.4) is 0 Å². The molecule has 3 rings (SSSR count). The van der Waals surface area contributed by atoms with Crippen LogP contribution in [-0.2, 0) is 9.59 Å². The highest BCUT2D eigenvalue weighted by Crippen LogP contribution is 2.44. The Labute approximate surface area is 152 Å². The molecule has 1 aliphatic carbocycles. The molecule has 1 fully saturated rings.